The summed E-state index contributed by atoms with van der Waals surface area (Å²) < 4.78 is 4.66. The molecule has 1 aliphatic rings. The molecule has 23 heavy (non-hydrogen) atoms. The maximum atomic E-state index is 12.0. The van der Waals surface area contributed by atoms with Gasteiger partial charge < -0.3 is 10.1 Å². The molecule has 0 spiro atoms. The van der Waals surface area contributed by atoms with Gasteiger partial charge in [0.15, 0.2) is 0 Å². The van der Waals surface area contributed by atoms with Crippen molar-refractivity contribution < 1.29 is 23.9 Å². The average Bonchev–Trinajstić information content (AvgIpc) is 2.86. The van der Waals surface area contributed by atoms with E-state index in [1.165, 1.54) is 12.0 Å². The Kier molecular flexibility index (Phi) is 5.46. The Bertz CT molecular complexity index is 625. The normalized spacial score (nSPS) is 14.0. The number of imide groups is 1. The number of hydrogen-bond acceptors (Lipinski definition) is 5. The third-order valence-electron chi connectivity index (χ3n) is 3.55. The van der Waals surface area contributed by atoms with Crippen LogP contribution in [-0.4, -0.2) is 42.2 Å². The van der Waals surface area contributed by atoms with Gasteiger partial charge in [-0.15, -0.1) is 0 Å². The van der Waals surface area contributed by atoms with E-state index in [9.17, 15) is 19.2 Å². The van der Waals surface area contributed by atoms with E-state index in [-0.39, 0.29) is 49.1 Å². The molecule has 1 aromatic rings. The van der Waals surface area contributed by atoms with E-state index in [2.05, 4.69) is 10.1 Å². The fourth-order valence-electron chi connectivity index (χ4n) is 2.36. The quantitative estimate of drug-likeness (QED) is 0.631. The van der Waals surface area contributed by atoms with E-state index in [0.717, 1.165) is 0 Å². The minimum absolute atomic E-state index is 0.145. The van der Waals surface area contributed by atoms with E-state index < -0.39 is 5.97 Å². The number of anilines is 1. The Labute approximate surface area is 133 Å². The summed E-state index contributed by atoms with van der Waals surface area (Å²) in [5.41, 5.74) is 0.644. The summed E-state index contributed by atoms with van der Waals surface area (Å²) in [5.74, 6) is -1.20. The number of amides is 3. The summed E-state index contributed by atoms with van der Waals surface area (Å²) in [7, 11) is 1.27. The van der Waals surface area contributed by atoms with Crippen molar-refractivity contribution in [1.29, 1.82) is 0 Å². The fraction of sp³-hybridized carbons (Fsp3) is 0.375. The van der Waals surface area contributed by atoms with Gasteiger partial charge in [0.2, 0.25) is 17.7 Å². The minimum atomic E-state index is -0.533. The fourth-order valence-corrected chi connectivity index (χ4v) is 2.36. The molecule has 1 aromatic carbocycles. The zero-order valence-corrected chi connectivity index (χ0v) is 12.8. The molecule has 0 radical (unpaired) electrons. The van der Waals surface area contributed by atoms with E-state index in [4.69, 9.17) is 0 Å². The van der Waals surface area contributed by atoms with Crippen LogP contribution in [0.15, 0.2) is 24.3 Å². The zero-order valence-electron chi connectivity index (χ0n) is 12.8. The molecule has 1 saturated heterocycles. The number of hydrogen-bond donors (Lipinski definition) is 1. The van der Waals surface area contributed by atoms with Crippen LogP contribution in [0.1, 0.15) is 36.0 Å². The van der Waals surface area contributed by atoms with Crippen LogP contribution in [0.4, 0.5) is 5.69 Å². The second kappa shape index (κ2) is 7.53. The van der Waals surface area contributed by atoms with Gasteiger partial charge in [-0.05, 0) is 18.6 Å². The van der Waals surface area contributed by atoms with Crippen LogP contribution in [0.2, 0.25) is 0 Å². The van der Waals surface area contributed by atoms with Crippen molar-refractivity contribution in [3.63, 3.8) is 0 Å². The monoisotopic (exact) mass is 318 g/mol. The van der Waals surface area contributed by atoms with Crippen LogP contribution in [0, 0.1) is 0 Å². The van der Waals surface area contributed by atoms with E-state index in [0.29, 0.717) is 12.1 Å². The van der Waals surface area contributed by atoms with E-state index in [1.54, 1.807) is 24.3 Å². The number of esters is 1. The minimum Gasteiger partial charge on any atom is -0.465 e. The number of methoxy groups -OCH3 is 1. The summed E-state index contributed by atoms with van der Waals surface area (Å²) in [6.45, 7) is 0.240. The second-order valence-electron chi connectivity index (χ2n) is 5.13. The summed E-state index contributed by atoms with van der Waals surface area (Å²) in [6.07, 6.45) is 1.02. The number of carbonyl (C=O) groups excluding carboxylic acids is 4. The van der Waals surface area contributed by atoms with Gasteiger partial charge in [0, 0.05) is 25.8 Å². The standard InChI is InChI=1S/C16H18N2O5/c1-23-16(22)11-5-2-3-6-12(11)17-13(19)7-4-10-18-14(20)8-9-15(18)21/h2-3,5-6H,4,7-10H2,1H3,(H,17,19). The highest BCUT2D eigenvalue weighted by molar-refractivity contribution is 6.02. The number of likely N-dealkylation sites (tertiary alicyclic amines) is 1. The van der Waals surface area contributed by atoms with Gasteiger partial charge in [0.05, 0.1) is 18.4 Å². The van der Waals surface area contributed by atoms with Crippen molar-refractivity contribution >= 4 is 29.4 Å². The molecule has 7 heteroatoms. The zero-order chi connectivity index (χ0) is 16.8. The van der Waals surface area contributed by atoms with Crippen molar-refractivity contribution in [2.24, 2.45) is 0 Å². The number of benzene rings is 1. The summed E-state index contributed by atoms with van der Waals surface area (Å²) >= 11 is 0. The number of carbonyl (C=O) groups is 4. The summed E-state index contributed by atoms with van der Waals surface area (Å²) in [6, 6.07) is 6.54. The maximum Gasteiger partial charge on any atom is 0.339 e. The van der Waals surface area contributed by atoms with E-state index >= 15 is 0 Å². The first kappa shape index (κ1) is 16.7. The molecule has 1 heterocycles. The second-order valence-corrected chi connectivity index (χ2v) is 5.13. The predicted octanol–water partition coefficient (Wildman–Crippen LogP) is 1.34. The summed E-state index contributed by atoms with van der Waals surface area (Å²) in [4.78, 5) is 47.7. The molecule has 2 rings (SSSR count). The van der Waals surface area contributed by atoms with Crippen molar-refractivity contribution in [2.45, 2.75) is 25.7 Å². The molecule has 1 fully saturated rings. The van der Waals surface area contributed by atoms with Gasteiger partial charge in [0.25, 0.3) is 0 Å². The predicted molar refractivity (Wildman–Crippen MR) is 81.6 cm³/mol. The van der Waals surface area contributed by atoms with Crippen LogP contribution in [0.5, 0.6) is 0 Å². The van der Waals surface area contributed by atoms with Crippen LogP contribution in [-0.2, 0) is 19.1 Å². The Morgan fingerprint density at radius 1 is 1.17 bits per heavy atom. The average molecular weight is 318 g/mol. The molecule has 0 saturated carbocycles. The Balaban J connectivity index is 1.87. The van der Waals surface area contributed by atoms with Crippen LogP contribution < -0.4 is 5.32 Å². The van der Waals surface area contributed by atoms with Gasteiger partial charge >= 0.3 is 5.97 Å². The number of nitrogens with one attached hydrogen (secondary N) is 1. The number of ether oxygens (including phenoxy) is 1. The van der Waals surface area contributed by atoms with Crippen molar-refractivity contribution in [3.8, 4) is 0 Å². The van der Waals surface area contributed by atoms with E-state index in [1.807, 2.05) is 0 Å². The Morgan fingerprint density at radius 2 is 1.83 bits per heavy atom. The molecule has 122 valence electrons. The highest BCUT2D eigenvalue weighted by atomic mass is 16.5. The van der Waals surface area contributed by atoms with Crippen molar-refractivity contribution in [3.05, 3.63) is 29.8 Å². The third kappa shape index (κ3) is 4.15. The van der Waals surface area contributed by atoms with Gasteiger partial charge in [-0.3, -0.25) is 19.3 Å². The lowest BCUT2D eigenvalue weighted by Gasteiger charge is -2.13. The SMILES string of the molecule is COC(=O)c1ccccc1NC(=O)CCCN1C(=O)CCC1=O. The molecule has 0 bridgehead atoms. The number of rotatable bonds is 6. The van der Waals surface area contributed by atoms with Gasteiger partial charge in [-0.25, -0.2) is 4.79 Å². The first-order valence-corrected chi connectivity index (χ1v) is 7.33. The van der Waals surface area contributed by atoms with Crippen LogP contribution in [0.25, 0.3) is 0 Å². The molecule has 3 amide bonds. The maximum absolute atomic E-state index is 12.0. The molecule has 1 aliphatic heterocycles. The highest BCUT2D eigenvalue weighted by Crippen LogP contribution is 2.17. The smallest absolute Gasteiger partial charge is 0.339 e. The number of para-hydroxylation sites is 1. The molecule has 7 nitrogen and oxygen atoms in total. The lowest BCUT2D eigenvalue weighted by atomic mass is 10.1. The van der Waals surface area contributed by atoms with Crippen LogP contribution >= 0.6 is 0 Å². The Morgan fingerprint density at radius 3 is 2.48 bits per heavy atom. The highest BCUT2D eigenvalue weighted by Gasteiger charge is 2.28. The lowest BCUT2D eigenvalue weighted by molar-refractivity contribution is -0.138. The Hall–Kier alpha value is -2.70. The van der Waals surface area contributed by atoms with Gasteiger partial charge in [0.1, 0.15) is 0 Å². The van der Waals surface area contributed by atoms with Crippen molar-refractivity contribution in [2.75, 3.05) is 19.0 Å². The molecule has 1 N–H and O–H groups in total. The van der Waals surface area contributed by atoms with Crippen LogP contribution in [0.3, 0.4) is 0 Å². The summed E-state index contributed by atoms with van der Waals surface area (Å²) in [5, 5.41) is 2.65. The molecular formula is C16H18N2O5. The number of nitrogens with zero attached hydrogens (tertiary/aromatic N) is 1. The first-order valence-electron chi connectivity index (χ1n) is 7.33. The first-order chi connectivity index (χ1) is 11.0. The molecular weight excluding hydrogens is 300 g/mol. The lowest BCUT2D eigenvalue weighted by Crippen LogP contribution is -2.30. The molecule has 0 unspecified atom stereocenters. The van der Waals surface area contributed by atoms with Gasteiger partial charge in [-0.1, -0.05) is 12.1 Å². The molecule has 0 aromatic heterocycles. The molecule has 0 aliphatic carbocycles. The van der Waals surface area contributed by atoms with Crippen molar-refractivity contribution in [1.82, 2.24) is 4.90 Å². The molecule has 0 atom stereocenters. The topological polar surface area (TPSA) is 92.8 Å². The largest absolute Gasteiger partial charge is 0.465 e. The van der Waals surface area contributed by atoms with Gasteiger partial charge in [-0.2, -0.15) is 0 Å². The third-order valence-corrected chi connectivity index (χ3v) is 3.55.